The van der Waals surface area contributed by atoms with Gasteiger partial charge in [-0.1, -0.05) is 18.2 Å². The topological polar surface area (TPSA) is 79.0 Å². The first kappa shape index (κ1) is 20.3. The first-order chi connectivity index (χ1) is 13.5. The van der Waals surface area contributed by atoms with Crippen LogP contribution >= 0.6 is 0 Å². The lowest BCUT2D eigenvalue weighted by Gasteiger charge is -2.47. The minimum Gasteiger partial charge on any atom is -0.371 e. The van der Waals surface area contributed by atoms with Crippen molar-refractivity contribution in [1.29, 1.82) is 0 Å². The van der Waals surface area contributed by atoms with Crippen LogP contribution in [-0.4, -0.2) is 72.5 Å². The summed E-state index contributed by atoms with van der Waals surface area (Å²) in [4.78, 5) is 39.8. The van der Waals surface area contributed by atoms with E-state index in [-0.39, 0.29) is 23.3 Å². The van der Waals surface area contributed by atoms with E-state index in [4.69, 9.17) is 4.74 Å². The average molecular weight is 387 g/mol. The molecule has 0 bridgehead atoms. The van der Waals surface area contributed by atoms with Crippen molar-refractivity contribution in [2.45, 2.75) is 38.2 Å². The summed E-state index contributed by atoms with van der Waals surface area (Å²) in [7, 11) is 0. The molecule has 2 saturated heterocycles. The van der Waals surface area contributed by atoms with Gasteiger partial charge in [0.2, 0.25) is 11.8 Å². The third-order valence-corrected chi connectivity index (χ3v) is 5.53. The Bertz CT molecular complexity index is 699. The maximum Gasteiger partial charge on any atom is 0.253 e. The van der Waals surface area contributed by atoms with E-state index in [1.54, 1.807) is 0 Å². The molecule has 0 radical (unpaired) electrons. The number of hydrogen-bond donors (Lipinski definition) is 1. The fourth-order valence-electron chi connectivity index (χ4n) is 3.90. The third kappa shape index (κ3) is 5.10. The van der Waals surface area contributed by atoms with E-state index >= 15 is 0 Å². The summed E-state index contributed by atoms with van der Waals surface area (Å²) in [6, 6.07) is 9.33. The van der Waals surface area contributed by atoms with Crippen LogP contribution < -0.4 is 5.32 Å². The Morgan fingerprint density at radius 3 is 2.46 bits per heavy atom. The molecular formula is C21H29N3O4. The summed E-state index contributed by atoms with van der Waals surface area (Å²) in [5, 5.41) is 2.72. The second kappa shape index (κ2) is 9.19. The van der Waals surface area contributed by atoms with Gasteiger partial charge in [-0.05, 0) is 31.4 Å². The minimum atomic E-state index is -0.348. The molecule has 3 amide bonds. The van der Waals surface area contributed by atoms with E-state index in [1.807, 2.05) is 40.1 Å². The lowest BCUT2D eigenvalue weighted by molar-refractivity contribution is -0.158. The molecule has 0 aliphatic carbocycles. The van der Waals surface area contributed by atoms with Crippen molar-refractivity contribution in [1.82, 2.24) is 15.1 Å². The number of likely N-dealkylation sites (tertiary alicyclic amines) is 1. The highest BCUT2D eigenvalue weighted by Crippen LogP contribution is 2.31. The minimum absolute atomic E-state index is 0.0529. The number of carbonyl (C=O) groups excluding carboxylic acids is 3. The molecule has 0 atom stereocenters. The largest absolute Gasteiger partial charge is 0.371 e. The average Bonchev–Trinajstić information content (AvgIpc) is 2.72. The van der Waals surface area contributed by atoms with Crippen molar-refractivity contribution in [3.63, 3.8) is 0 Å². The highest BCUT2D eigenvalue weighted by atomic mass is 16.5. The maximum atomic E-state index is 12.6. The number of rotatable bonds is 5. The Labute approximate surface area is 166 Å². The summed E-state index contributed by atoms with van der Waals surface area (Å²) in [5.74, 6) is 0.0857. The van der Waals surface area contributed by atoms with Gasteiger partial charge in [-0.2, -0.15) is 0 Å². The van der Waals surface area contributed by atoms with Crippen LogP contribution in [0.5, 0.6) is 0 Å². The number of piperidine rings is 1. The fourth-order valence-corrected chi connectivity index (χ4v) is 3.90. The summed E-state index contributed by atoms with van der Waals surface area (Å²) < 4.78 is 6.09. The first-order valence-electron chi connectivity index (χ1n) is 10.00. The van der Waals surface area contributed by atoms with Crippen molar-refractivity contribution in [3.8, 4) is 0 Å². The van der Waals surface area contributed by atoms with Crippen molar-refractivity contribution in [2.24, 2.45) is 0 Å². The van der Waals surface area contributed by atoms with Gasteiger partial charge in [0, 0.05) is 51.6 Å². The Morgan fingerprint density at radius 2 is 1.79 bits per heavy atom. The second-order valence-electron chi connectivity index (χ2n) is 7.59. The highest BCUT2D eigenvalue weighted by Gasteiger charge is 2.41. The fraction of sp³-hybridized carbons (Fsp3) is 0.571. The molecule has 7 nitrogen and oxygen atoms in total. The zero-order valence-electron chi connectivity index (χ0n) is 16.5. The van der Waals surface area contributed by atoms with Gasteiger partial charge in [0.15, 0.2) is 0 Å². The van der Waals surface area contributed by atoms with E-state index in [1.165, 1.54) is 6.92 Å². The molecular weight excluding hydrogens is 358 g/mol. The summed E-state index contributed by atoms with van der Waals surface area (Å²) in [6.07, 6.45) is 2.54. The van der Waals surface area contributed by atoms with Crippen LogP contribution in [-0.2, 0) is 14.3 Å². The molecule has 1 N–H and O–H groups in total. The number of hydrogen-bond acceptors (Lipinski definition) is 4. The van der Waals surface area contributed by atoms with Gasteiger partial charge in [-0.15, -0.1) is 0 Å². The lowest BCUT2D eigenvalue weighted by atomic mass is 9.89. The predicted molar refractivity (Wildman–Crippen MR) is 105 cm³/mol. The zero-order valence-corrected chi connectivity index (χ0v) is 16.5. The molecule has 1 spiro atoms. The summed E-state index contributed by atoms with van der Waals surface area (Å²) >= 11 is 0. The maximum absolute atomic E-state index is 12.6. The Hall–Kier alpha value is -2.41. The SMILES string of the molecule is CC(=O)NCCCC(=O)N1CCOC2(CCN(C(=O)c3ccccc3)CC2)C1. The molecule has 0 unspecified atom stereocenters. The molecule has 2 heterocycles. The normalized spacial score (nSPS) is 18.8. The molecule has 0 saturated carbocycles. The zero-order chi connectivity index (χ0) is 20.0. The van der Waals surface area contributed by atoms with Gasteiger partial charge >= 0.3 is 0 Å². The Kier molecular flexibility index (Phi) is 6.67. The number of nitrogens with one attached hydrogen (secondary N) is 1. The molecule has 2 fully saturated rings. The van der Waals surface area contributed by atoms with Crippen LogP contribution in [0.1, 0.15) is 43.0 Å². The van der Waals surface area contributed by atoms with Crippen LogP contribution in [0, 0.1) is 0 Å². The standard InChI is InChI=1S/C21H29N3O4/c1-17(25)22-11-5-8-19(26)24-14-15-28-21(16-24)9-12-23(13-10-21)20(27)18-6-3-2-4-7-18/h2-4,6-7H,5,8-16H2,1H3,(H,22,25). The molecule has 2 aliphatic rings. The Balaban J connectivity index is 1.49. The van der Waals surface area contributed by atoms with Gasteiger partial charge in [0.1, 0.15) is 0 Å². The van der Waals surface area contributed by atoms with Crippen LogP contribution in [0.25, 0.3) is 0 Å². The monoisotopic (exact) mass is 387 g/mol. The van der Waals surface area contributed by atoms with E-state index in [2.05, 4.69) is 5.32 Å². The molecule has 0 aromatic heterocycles. The summed E-state index contributed by atoms with van der Waals surface area (Å²) in [6.45, 7) is 4.99. The summed E-state index contributed by atoms with van der Waals surface area (Å²) in [5.41, 5.74) is 0.359. The van der Waals surface area contributed by atoms with Crippen LogP contribution in [0.2, 0.25) is 0 Å². The molecule has 28 heavy (non-hydrogen) atoms. The Morgan fingerprint density at radius 1 is 1.07 bits per heavy atom. The second-order valence-corrected chi connectivity index (χ2v) is 7.59. The smallest absolute Gasteiger partial charge is 0.253 e. The molecule has 152 valence electrons. The van der Waals surface area contributed by atoms with Crippen molar-refractivity contribution in [3.05, 3.63) is 35.9 Å². The van der Waals surface area contributed by atoms with Gasteiger partial charge in [-0.3, -0.25) is 14.4 Å². The quantitative estimate of drug-likeness (QED) is 0.776. The molecule has 2 aliphatic heterocycles. The van der Waals surface area contributed by atoms with Crippen molar-refractivity contribution < 1.29 is 19.1 Å². The van der Waals surface area contributed by atoms with E-state index < -0.39 is 0 Å². The molecule has 7 heteroatoms. The van der Waals surface area contributed by atoms with Gasteiger partial charge in [-0.25, -0.2) is 0 Å². The number of benzene rings is 1. The van der Waals surface area contributed by atoms with Crippen molar-refractivity contribution in [2.75, 3.05) is 39.3 Å². The van der Waals surface area contributed by atoms with Gasteiger partial charge < -0.3 is 19.9 Å². The van der Waals surface area contributed by atoms with E-state index in [0.717, 1.165) is 12.8 Å². The number of nitrogens with zero attached hydrogens (tertiary/aromatic N) is 2. The number of morpholine rings is 1. The molecule has 1 aromatic rings. The molecule has 3 rings (SSSR count). The predicted octanol–water partition coefficient (Wildman–Crippen LogP) is 1.44. The van der Waals surface area contributed by atoms with Crippen LogP contribution in [0.15, 0.2) is 30.3 Å². The highest BCUT2D eigenvalue weighted by molar-refractivity contribution is 5.94. The first-order valence-corrected chi connectivity index (χ1v) is 10.00. The number of carbonyl (C=O) groups is 3. The van der Waals surface area contributed by atoms with Crippen LogP contribution in [0.4, 0.5) is 0 Å². The number of amides is 3. The van der Waals surface area contributed by atoms with Gasteiger partial charge in [0.25, 0.3) is 5.91 Å². The van der Waals surface area contributed by atoms with E-state index in [0.29, 0.717) is 57.7 Å². The van der Waals surface area contributed by atoms with Crippen LogP contribution in [0.3, 0.4) is 0 Å². The van der Waals surface area contributed by atoms with Crippen molar-refractivity contribution >= 4 is 17.7 Å². The van der Waals surface area contributed by atoms with E-state index in [9.17, 15) is 14.4 Å². The number of ether oxygens (including phenoxy) is 1. The van der Waals surface area contributed by atoms with Gasteiger partial charge in [0.05, 0.1) is 12.2 Å². The third-order valence-electron chi connectivity index (χ3n) is 5.53. The lowest BCUT2D eigenvalue weighted by Crippen LogP contribution is -2.58. The molecule has 1 aromatic carbocycles.